The molecule has 1 amide bonds. The summed E-state index contributed by atoms with van der Waals surface area (Å²) in [5, 5.41) is 12.7. The minimum atomic E-state index is -1.07. The van der Waals surface area contributed by atoms with Crippen LogP contribution in [0, 0.1) is 5.92 Å². The van der Waals surface area contributed by atoms with E-state index in [1.165, 1.54) is 30.3 Å². The van der Waals surface area contributed by atoms with Crippen molar-refractivity contribution in [2.24, 2.45) is 5.92 Å². The summed E-state index contributed by atoms with van der Waals surface area (Å²) in [6, 6.07) is 5.32. The van der Waals surface area contributed by atoms with E-state index in [-0.39, 0.29) is 5.91 Å². The first kappa shape index (κ1) is 15.4. The topological polar surface area (TPSA) is 84.5 Å². The van der Waals surface area contributed by atoms with E-state index in [0.717, 1.165) is 12.0 Å². The van der Waals surface area contributed by atoms with Crippen molar-refractivity contribution in [1.82, 2.24) is 9.88 Å². The summed E-state index contributed by atoms with van der Waals surface area (Å²) in [6.45, 7) is 0. The monoisotopic (exact) mass is 330 g/mol. The summed E-state index contributed by atoms with van der Waals surface area (Å²) in [7, 11) is 0. The fraction of sp³-hybridized carbons (Fsp3) is 0.556. The minimum absolute atomic E-state index is 0.193. The zero-order valence-corrected chi connectivity index (χ0v) is 13.5. The fourth-order valence-corrected chi connectivity index (χ4v) is 4.15. The summed E-state index contributed by atoms with van der Waals surface area (Å²) in [6.07, 6.45) is 5.59. The van der Waals surface area contributed by atoms with Gasteiger partial charge in [0.2, 0.25) is 5.91 Å². The molecule has 128 valence electrons. The van der Waals surface area contributed by atoms with Gasteiger partial charge in [-0.1, -0.05) is 37.8 Å². The van der Waals surface area contributed by atoms with E-state index in [2.05, 4.69) is 5.32 Å². The first-order valence-corrected chi connectivity index (χ1v) is 8.74. The van der Waals surface area contributed by atoms with Gasteiger partial charge < -0.3 is 14.8 Å². The molecule has 1 aliphatic carbocycles. The molecule has 1 aromatic heterocycles. The molecule has 1 saturated heterocycles. The van der Waals surface area contributed by atoms with Crippen molar-refractivity contribution in [1.29, 1.82) is 0 Å². The van der Waals surface area contributed by atoms with Gasteiger partial charge >= 0.3 is 5.76 Å². The number of piperidine rings is 1. The minimum Gasteiger partial charge on any atom is -0.407 e. The number of aliphatic hydroxyl groups is 1. The fourth-order valence-electron chi connectivity index (χ4n) is 4.15. The Morgan fingerprint density at radius 3 is 2.75 bits per heavy atom. The zero-order chi connectivity index (χ0) is 16.7. The number of aromatic nitrogens is 1. The maximum absolute atomic E-state index is 12.4. The van der Waals surface area contributed by atoms with Gasteiger partial charge in [-0.3, -0.25) is 9.36 Å². The van der Waals surface area contributed by atoms with Crippen LogP contribution in [0.15, 0.2) is 27.4 Å². The van der Waals surface area contributed by atoms with E-state index in [9.17, 15) is 14.7 Å². The molecule has 2 aliphatic rings. The number of para-hydroxylation sites is 1. The van der Waals surface area contributed by atoms with Gasteiger partial charge in [-0.2, -0.15) is 0 Å². The number of nitrogens with one attached hydrogen (secondary N) is 1. The molecule has 6 nitrogen and oxygen atoms in total. The molecular weight excluding hydrogens is 308 g/mol. The normalized spacial score (nSPS) is 25.3. The van der Waals surface area contributed by atoms with Gasteiger partial charge in [-0.05, 0) is 30.4 Å². The van der Waals surface area contributed by atoms with Gasteiger partial charge in [0.1, 0.15) is 6.23 Å². The second kappa shape index (κ2) is 6.09. The lowest BCUT2D eigenvalue weighted by atomic mass is 9.97. The highest BCUT2D eigenvalue weighted by molar-refractivity contribution is 5.78. The Hall–Kier alpha value is -2.08. The molecule has 0 spiro atoms. The molecule has 1 aliphatic heterocycles. The van der Waals surface area contributed by atoms with Gasteiger partial charge in [0, 0.05) is 6.42 Å². The Morgan fingerprint density at radius 2 is 2.00 bits per heavy atom. The number of oxazole rings is 1. The van der Waals surface area contributed by atoms with Crippen molar-refractivity contribution in [3.05, 3.63) is 34.3 Å². The lowest BCUT2D eigenvalue weighted by molar-refractivity contribution is -0.128. The van der Waals surface area contributed by atoms with Crippen molar-refractivity contribution in [2.75, 3.05) is 0 Å². The van der Waals surface area contributed by atoms with Crippen LogP contribution in [0.25, 0.3) is 11.1 Å². The number of carbonyl (C=O) groups excluding carboxylic acids is 1. The van der Waals surface area contributed by atoms with E-state index < -0.39 is 18.0 Å². The highest BCUT2D eigenvalue weighted by Crippen LogP contribution is 2.32. The molecule has 0 radical (unpaired) electrons. The molecule has 0 bridgehead atoms. The van der Waals surface area contributed by atoms with Crippen LogP contribution in [0.2, 0.25) is 0 Å². The number of fused-ring (bicyclic) bond motifs is 1. The molecule has 2 aromatic rings. The first-order valence-electron chi connectivity index (χ1n) is 8.74. The van der Waals surface area contributed by atoms with Gasteiger partial charge in [-0.25, -0.2) is 4.79 Å². The van der Waals surface area contributed by atoms with Crippen LogP contribution >= 0.6 is 0 Å². The van der Waals surface area contributed by atoms with Crippen molar-refractivity contribution in [3.8, 4) is 0 Å². The highest BCUT2D eigenvalue weighted by atomic mass is 16.4. The van der Waals surface area contributed by atoms with Crippen molar-refractivity contribution < 1.29 is 14.3 Å². The molecule has 2 atom stereocenters. The molecule has 2 heterocycles. The summed E-state index contributed by atoms with van der Waals surface area (Å²) < 4.78 is 7.05. The second-order valence-electron chi connectivity index (χ2n) is 6.98. The molecule has 24 heavy (non-hydrogen) atoms. The molecule has 6 heteroatoms. The SMILES string of the molecule is O=C1CCC(n2c(=O)oc3c(CC4CCCC4)cccc32)C(O)N1. The predicted octanol–water partition coefficient (Wildman–Crippen LogP) is 2.10. The van der Waals surface area contributed by atoms with Gasteiger partial charge in [-0.15, -0.1) is 0 Å². The molecular formula is C18H22N2O4. The first-order chi connectivity index (χ1) is 11.6. The van der Waals surface area contributed by atoms with E-state index in [1.807, 2.05) is 18.2 Å². The highest BCUT2D eigenvalue weighted by Gasteiger charge is 2.31. The number of nitrogens with zero attached hydrogens (tertiary/aromatic N) is 1. The van der Waals surface area contributed by atoms with E-state index in [1.54, 1.807) is 0 Å². The summed E-state index contributed by atoms with van der Waals surface area (Å²) >= 11 is 0. The van der Waals surface area contributed by atoms with Crippen LogP contribution in [-0.2, 0) is 11.2 Å². The standard InChI is InChI=1S/C18H22N2O4/c21-15-9-8-14(17(22)19-15)20-13-7-3-6-12(16(13)24-18(20)23)10-11-4-1-2-5-11/h3,6-7,11,14,17,22H,1-2,4-5,8-10H2,(H,19,21). The number of aliphatic hydroxyl groups excluding tert-OH is 1. The van der Waals surface area contributed by atoms with E-state index in [0.29, 0.717) is 29.9 Å². The van der Waals surface area contributed by atoms with Crippen LogP contribution < -0.4 is 11.1 Å². The Labute approximate surface area is 139 Å². The number of hydrogen-bond donors (Lipinski definition) is 2. The average Bonchev–Trinajstić information content (AvgIpc) is 3.16. The third-order valence-electron chi connectivity index (χ3n) is 5.38. The maximum atomic E-state index is 12.4. The van der Waals surface area contributed by atoms with Crippen LogP contribution in [0.5, 0.6) is 0 Å². The van der Waals surface area contributed by atoms with Crippen molar-refractivity contribution >= 4 is 17.0 Å². The third kappa shape index (κ3) is 2.65. The third-order valence-corrected chi connectivity index (χ3v) is 5.38. The maximum Gasteiger partial charge on any atom is 0.420 e. The molecule has 4 rings (SSSR count). The van der Waals surface area contributed by atoms with Crippen LogP contribution in [0.4, 0.5) is 0 Å². The predicted molar refractivity (Wildman–Crippen MR) is 88.6 cm³/mol. The van der Waals surface area contributed by atoms with Gasteiger partial charge in [0.25, 0.3) is 0 Å². The Kier molecular flexibility index (Phi) is 3.92. The average molecular weight is 330 g/mol. The Bertz CT molecular complexity index is 816. The van der Waals surface area contributed by atoms with E-state index in [4.69, 9.17) is 4.42 Å². The lowest BCUT2D eigenvalue weighted by Crippen LogP contribution is -2.47. The van der Waals surface area contributed by atoms with Gasteiger partial charge in [0.05, 0.1) is 11.6 Å². The Balaban J connectivity index is 1.73. The summed E-state index contributed by atoms with van der Waals surface area (Å²) in [5.41, 5.74) is 2.39. The molecule has 2 fully saturated rings. The van der Waals surface area contributed by atoms with Crippen molar-refractivity contribution in [2.45, 2.75) is 57.2 Å². The quantitative estimate of drug-likeness (QED) is 0.902. The Morgan fingerprint density at radius 1 is 1.21 bits per heavy atom. The van der Waals surface area contributed by atoms with E-state index >= 15 is 0 Å². The number of rotatable bonds is 3. The lowest BCUT2D eigenvalue weighted by Gasteiger charge is -2.28. The number of carbonyl (C=O) groups is 1. The molecule has 1 aromatic carbocycles. The largest absolute Gasteiger partial charge is 0.420 e. The number of benzene rings is 1. The van der Waals surface area contributed by atoms with Crippen LogP contribution in [-0.4, -0.2) is 21.8 Å². The zero-order valence-electron chi connectivity index (χ0n) is 13.5. The smallest absolute Gasteiger partial charge is 0.407 e. The number of hydrogen-bond acceptors (Lipinski definition) is 4. The van der Waals surface area contributed by atoms with Crippen LogP contribution in [0.3, 0.4) is 0 Å². The molecule has 1 saturated carbocycles. The second-order valence-corrected chi connectivity index (χ2v) is 6.98. The van der Waals surface area contributed by atoms with Gasteiger partial charge in [0.15, 0.2) is 5.58 Å². The summed E-state index contributed by atoms with van der Waals surface area (Å²) in [4.78, 5) is 23.8. The molecule has 2 unspecified atom stereocenters. The van der Waals surface area contributed by atoms with Crippen molar-refractivity contribution in [3.63, 3.8) is 0 Å². The van der Waals surface area contributed by atoms with Crippen LogP contribution in [0.1, 0.15) is 50.1 Å². The summed E-state index contributed by atoms with van der Waals surface area (Å²) in [5.74, 6) is -0.00518. The molecule has 2 N–H and O–H groups in total. The number of amides is 1.